The van der Waals surface area contributed by atoms with Gasteiger partial charge in [-0.05, 0) is 35.4 Å². The molecule has 1 heterocycles. The topological polar surface area (TPSA) is 49.8 Å². The van der Waals surface area contributed by atoms with Gasteiger partial charge < -0.3 is 9.84 Å². The molecule has 0 radical (unpaired) electrons. The van der Waals surface area contributed by atoms with Crippen LogP contribution in [0.25, 0.3) is 0 Å². The largest absolute Gasteiger partial charge is 0.469 e. The first-order valence-corrected chi connectivity index (χ1v) is 8.91. The number of hydrogen-bond donors (Lipinski definition) is 1. The molecule has 3 rings (SSSR count). The smallest absolute Gasteiger partial charge is 0.313 e. The van der Waals surface area contributed by atoms with Crippen LogP contribution in [0.15, 0.2) is 24.3 Å². The van der Waals surface area contributed by atoms with E-state index in [1.807, 2.05) is 12.1 Å². The zero-order valence-corrected chi connectivity index (χ0v) is 15.3. The molecule has 4 heteroatoms. The van der Waals surface area contributed by atoms with Crippen molar-refractivity contribution in [1.82, 2.24) is 4.90 Å². The molecule has 0 bridgehead atoms. The second-order valence-electron chi connectivity index (χ2n) is 8.01. The molecule has 1 N–H and O–H groups in total. The third-order valence-corrected chi connectivity index (χ3v) is 5.75. The van der Waals surface area contributed by atoms with E-state index in [9.17, 15) is 4.79 Å². The highest BCUT2D eigenvalue weighted by Gasteiger charge is 2.67. The predicted octanol–water partition coefficient (Wildman–Crippen LogP) is 2.44. The van der Waals surface area contributed by atoms with Crippen LogP contribution in [0.1, 0.15) is 37.8 Å². The first kappa shape index (κ1) is 18.0. The Bertz CT molecular complexity index is 698. The second-order valence-corrected chi connectivity index (χ2v) is 8.01. The summed E-state index contributed by atoms with van der Waals surface area (Å²) in [5.41, 5.74) is 2.08. The zero-order chi connectivity index (χ0) is 18.1. The molecular weight excluding hydrogens is 314 g/mol. The maximum absolute atomic E-state index is 12.4. The van der Waals surface area contributed by atoms with Crippen LogP contribution in [0.4, 0.5) is 0 Å². The molecule has 0 unspecified atom stereocenters. The van der Waals surface area contributed by atoms with Gasteiger partial charge in [-0.25, -0.2) is 0 Å². The number of methoxy groups -OCH3 is 1. The summed E-state index contributed by atoms with van der Waals surface area (Å²) in [6, 6.07) is 8.23. The molecule has 0 aromatic heterocycles. The summed E-state index contributed by atoms with van der Waals surface area (Å²) in [6.45, 7) is 7.17. The molecule has 25 heavy (non-hydrogen) atoms. The van der Waals surface area contributed by atoms with Crippen molar-refractivity contribution in [3.05, 3.63) is 35.4 Å². The molecule has 2 atom stereocenters. The number of carbonyl (C=O) groups excluding carboxylic acids is 1. The molecule has 1 saturated carbocycles. The van der Waals surface area contributed by atoms with E-state index < -0.39 is 0 Å². The van der Waals surface area contributed by atoms with E-state index in [1.54, 1.807) is 0 Å². The maximum Gasteiger partial charge on any atom is 0.313 e. The second kappa shape index (κ2) is 6.82. The fourth-order valence-electron chi connectivity index (χ4n) is 4.76. The van der Waals surface area contributed by atoms with Crippen LogP contribution in [0.2, 0.25) is 0 Å². The number of benzene rings is 1. The molecule has 4 nitrogen and oxygen atoms in total. The van der Waals surface area contributed by atoms with Gasteiger partial charge in [-0.15, -0.1) is 0 Å². The summed E-state index contributed by atoms with van der Waals surface area (Å²) in [4.78, 5) is 14.7. The summed E-state index contributed by atoms with van der Waals surface area (Å²) in [5.74, 6) is 6.30. The molecule has 1 saturated heterocycles. The van der Waals surface area contributed by atoms with Crippen LogP contribution in [0, 0.1) is 28.6 Å². The van der Waals surface area contributed by atoms with E-state index in [4.69, 9.17) is 9.84 Å². The Labute approximate surface area is 150 Å². The number of nitrogens with zero attached hydrogens (tertiary/aromatic N) is 1. The summed E-state index contributed by atoms with van der Waals surface area (Å²) in [7, 11) is 1.50. The SMILES string of the molecule is COC(=O)[C@@]12CN(Cc3ccc(C#CCCO)cc3)C[C@@H]1C(C)(C)C2. The Kier molecular flexibility index (Phi) is 4.90. The van der Waals surface area contributed by atoms with Gasteiger partial charge in [0.1, 0.15) is 0 Å². The van der Waals surface area contributed by atoms with Crippen LogP contribution < -0.4 is 0 Å². The van der Waals surface area contributed by atoms with Crippen molar-refractivity contribution >= 4 is 5.97 Å². The predicted molar refractivity (Wildman–Crippen MR) is 96.6 cm³/mol. The minimum Gasteiger partial charge on any atom is -0.469 e. The Balaban J connectivity index is 1.67. The summed E-state index contributed by atoms with van der Waals surface area (Å²) in [6.07, 6.45) is 1.41. The molecule has 0 amide bonds. The Hall–Kier alpha value is -1.83. The van der Waals surface area contributed by atoms with E-state index >= 15 is 0 Å². The lowest BCUT2D eigenvalue weighted by Crippen LogP contribution is -2.57. The van der Waals surface area contributed by atoms with Crippen LogP contribution in [-0.4, -0.2) is 42.8 Å². The lowest BCUT2D eigenvalue weighted by molar-refractivity contribution is -0.174. The highest BCUT2D eigenvalue weighted by Crippen LogP contribution is 2.63. The fourth-order valence-corrected chi connectivity index (χ4v) is 4.76. The number of carbonyl (C=O) groups is 1. The van der Waals surface area contributed by atoms with E-state index in [0.717, 1.165) is 31.6 Å². The molecule has 2 aliphatic rings. The normalized spacial score (nSPS) is 27.0. The van der Waals surface area contributed by atoms with Crippen molar-refractivity contribution in [2.45, 2.75) is 33.2 Å². The van der Waals surface area contributed by atoms with E-state index in [0.29, 0.717) is 12.3 Å². The first-order chi connectivity index (χ1) is 11.9. The molecule has 2 fully saturated rings. The minimum atomic E-state index is -0.312. The molecule has 134 valence electrons. The van der Waals surface area contributed by atoms with Gasteiger partial charge in [0.05, 0.1) is 19.1 Å². The maximum atomic E-state index is 12.4. The lowest BCUT2D eigenvalue weighted by Gasteiger charge is -2.54. The number of esters is 1. The average Bonchev–Trinajstić information content (AvgIpc) is 2.91. The number of aliphatic hydroxyl groups excluding tert-OH is 1. The highest BCUT2D eigenvalue weighted by atomic mass is 16.5. The van der Waals surface area contributed by atoms with Crippen molar-refractivity contribution in [2.75, 3.05) is 26.8 Å². The number of fused-ring (bicyclic) bond motifs is 1. The molecular formula is C21H27NO3. The number of aliphatic hydroxyl groups is 1. The van der Waals surface area contributed by atoms with E-state index in [1.165, 1.54) is 12.7 Å². The molecule has 1 aliphatic carbocycles. The summed E-state index contributed by atoms with van der Waals surface area (Å²) < 4.78 is 5.11. The van der Waals surface area contributed by atoms with E-state index in [2.05, 4.69) is 42.7 Å². The van der Waals surface area contributed by atoms with Crippen LogP contribution in [-0.2, 0) is 16.1 Å². The van der Waals surface area contributed by atoms with Crippen LogP contribution in [0.3, 0.4) is 0 Å². The number of hydrogen-bond acceptors (Lipinski definition) is 4. The zero-order valence-electron chi connectivity index (χ0n) is 15.3. The van der Waals surface area contributed by atoms with Crippen molar-refractivity contribution in [3.8, 4) is 11.8 Å². The Morgan fingerprint density at radius 3 is 2.68 bits per heavy atom. The van der Waals surface area contributed by atoms with Gasteiger partial charge in [0.25, 0.3) is 0 Å². The van der Waals surface area contributed by atoms with Crippen molar-refractivity contribution in [1.29, 1.82) is 0 Å². The lowest BCUT2D eigenvalue weighted by atomic mass is 9.48. The summed E-state index contributed by atoms with van der Waals surface area (Å²) in [5, 5.41) is 8.77. The Morgan fingerprint density at radius 2 is 2.08 bits per heavy atom. The fraction of sp³-hybridized carbons (Fsp3) is 0.571. The highest BCUT2D eigenvalue weighted by molar-refractivity contribution is 5.80. The van der Waals surface area contributed by atoms with Gasteiger partial charge in [0, 0.05) is 31.6 Å². The van der Waals surface area contributed by atoms with Gasteiger partial charge >= 0.3 is 5.97 Å². The van der Waals surface area contributed by atoms with Gasteiger partial charge in [-0.1, -0.05) is 37.8 Å². The van der Waals surface area contributed by atoms with Gasteiger partial charge in [-0.2, -0.15) is 0 Å². The van der Waals surface area contributed by atoms with Crippen molar-refractivity contribution in [2.24, 2.45) is 16.7 Å². The van der Waals surface area contributed by atoms with Gasteiger partial charge in [0.2, 0.25) is 0 Å². The minimum absolute atomic E-state index is 0.0474. The standard InChI is InChI=1S/C21H27NO3/c1-20(2)14-21(19(24)25-3)15-22(13-18(20)21)12-17-9-7-16(8-10-17)6-4-5-11-23/h7-10,18,23H,5,11-15H2,1-3H3/t18-,21+/m1/s1. The number of rotatable bonds is 4. The third kappa shape index (κ3) is 3.31. The van der Waals surface area contributed by atoms with Gasteiger partial charge in [-0.3, -0.25) is 9.69 Å². The molecule has 1 aromatic carbocycles. The van der Waals surface area contributed by atoms with E-state index in [-0.39, 0.29) is 23.4 Å². The summed E-state index contributed by atoms with van der Waals surface area (Å²) >= 11 is 0. The number of likely N-dealkylation sites (tertiary alicyclic amines) is 1. The number of ether oxygens (including phenoxy) is 1. The Morgan fingerprint density at radius 1 is 1.36 bits per heavy atom. The van der Waals surface area contributed by atoms with Gasteiger partial charge in [0.15, 0.2) is 0 Å². The monoisotopic (exact) mass is 341 g/mol. The first-order valence-electron chi connectivity index (χ1n) is 8.91. The quantitative estimate of drug-likeness (QED) is 0.675. The molecule has 0 spiro atoms. The van der Waals surface area contributed by atoms with Crippen molar-refractivity contribution in [3.63, 3.8) is 0 Å². The van der Waals surface area contributed by atoms with Crippen LogP contribution in [0.5, 0.6) is 0 Å². The van der Waals surface area contributed by atoms with Crippen LogP contribution >= 0.6 is 0 Å². The third-order valence-electron chi connectivity index (χ3n) is 5.75. The van der Waals surface area contributed by atoms with Crippen molar-refractivity contribution < 1.29 is 14.6 Å². The molecule has 1 aromatic rings. The molecule has 1 aliphatic heterocycles. The average molecular weight is 341 g/mol.